The fourth-order valence-electron chi connectivity index (χ4n) is 19.4. The van der Waals surface area contributed by atoms with Gasteiger partial charge in [-0.2, -0.15) is 4.98 Å². The van der Waals surface area contributed by atoms with Crippen LogP contribution >= 0.6 is 72.6 Å². The van der Waals surface area contributed by atoms with Crippen LogP contribution in [0.3, 0.4) is 0 Å². The molecule has 130 heavy (non-hydrogen) atoms. The van der Waals surface area contributed by atoms with E-state index in [-0.39, 0.29) is 50.2 Å². The minimum absolute atomic E-state index is 0.0246. The van der Waals surface area contributed by atoms with Gasteiger partial charge in [0.2, 0.25) is 10.8 Å². The number of hydrogen-bond donors (Lipinski definition) is 8. The van der Waals surface area contributed by atoms with Gasteiger partial charge in [0.05, 0.1) is 45.7 Å². The number of piperidine rings is 4. The summed E-state index contributed by atoms with van der Waals surface area (Å²) < 4.78 is 8.77. The van der Waals surface area contributed by atoms with E-state index in [0.717, 1.165) is 145 Å². The predicted octanol–water partition coefficient (Wildman–Crippen LogP) is 26.3. The molecule has 0 amide bonds. The van der Waals surface area contributed by atoms with E-state index in [1.165, 1.54) is 66.3 Å². The number of aromatic hydroxyl groups is 1. The van der Waals surface area contributed by atoms with Gasteiger partial charge in [-0.1, -0.05) is 215 Å². The predicted molar refractivity (Wildman–Crippen MR) is 556 cm³/mol. The van der Waals surface area contributed by atoms with Crippen LogP contribution in [0.5, 0.6) is 11.6 Å². The molecule has 10 heterocycles. The average Bonchev–Trinajstić information content (AvgIpc) is 1.59. The van der Waals surface area contributed by atoms with Crippen molar-refractivity contribution in [1.82, 2.24) is 45.3 Å². The van der Waals surface area contributed by atoms with E-state index in [9.17, 15) is 9.90 Å². The molecule has 4 aliphatic rings. The fraction of sp³-hybridized carbons (Fsp3) is 0.327. The van der Waals surface area contributed by atoms with Crippen LogP contribution in [0, 0.1) is 0 Å². The number of anilines is 4. The third-order valence-electron chi connectivity index (χ3n) is 24.4. The number of nitrogens with two attached hydrogens (primary N) is 1. The van der Waals surface area contributed by atoms with Gasteiger partial charge in [0, 0.05) is 125 Å². The first-order chi connectivity index (χ1) is 62.1. The Labute approximate surface area is 793 Å². The Morgan fingerprint density at radius 2 is 0.831 bits per heavy atom. The molecule has 16 aromatic rings. The molecule has 20 rings (SSSR count). The number of thiazole rings is 5. The Kier molecular flexibility index (Phi) is 27.9. The zero-order chi connectivity index (χ0) is 91.3. The largest absolute Gasteiger partial charge is 0.497 e. The number of hydrogen-bond acceptors (Lipinski definition) is 21. The summed E-state index contributed by atoms with van der Waals surface area (Å²) >= 11 is 11.7. The second kappa shape index (κ2) is 39.1. The molecule has 10 aromatic carbocycles. The molecule has 0 unspecified atom stereocenters. The SMILES string of the molecule is CC1(C)CC(Nc2nc(-c3ccc(-c4ccccc4)cc3)cs2)CC(C)(C)N1.CC1(C)CC(Nc2nc(-c3ccc4ccccc4c3)cs2)CC(C)(C)N1.CC1(C)CC(Nc2nc(-c3cccc(-c4ccccc4)c3)cs2)CC(C)(C)N1.CC1(N)CCN(c2nc(-c3ccc4cc(Br)ccc4c3)cs2)CC1.COc1ccc2c(c1)sc1nc(O)c(Cc3ccccc3)c(=O)n12. The highest BCUT2D eigenvalue weighted by molar-refractivity contribution is 9.10. The maximum absolute atomic E-state index is 12.9. The highest BCUT2D eigenvalue weighted by Crippen LogP contribution is 2.41. The monoisotopic (exact) mass is 1890 g/mol. The Balaban J connectivity index is 0.000000119. The molecule has 0 radical (unpaired) electrons. The number of nitrogens with one attached hydrogen (secondary N) is 6. The minimum Gasteiger partial charge on any atom is -0.497 e. The number of fused-ring (bicyclic) bond motifs is 5. The summed E-state index contributed by atoms with van der Waals surface area (Å²) in [5, 5.41) is 50.3. The summed E-state index contributed by atoms with van der Waals surface area (Å²) in [4.78, 5) is 39.5. The first-order valence-electron chi connectivity index (χ1n) is 44.9. The molecular weight excluding hydrogens is 1770 g/mol. The molecule has 6 aromatic heterocycles. The van der Waals surface area contributed by atoms with E-state index in [4.69, 9.17) is 30.4 Å². The summed E-state index contributed by atoms with van der Waals surface area (Å²) in [6, 6.07) is 82.6. The van der Waals surface area contributed by atoms with Crippen LogP contribution in [-0.2, 0) is 6.42 Å². The van der Waals surface area contributed by atoms with Gasteiger partial charge in [-0.05, 0) is 239 Å². The first-order valence-corrected chi connectivity index (χ1v) is 50.0. The zero-order valence-electron chi connectivity index (χ0n) is 76.7. The number of rotatable bonds is 16. The lowest BCUT2D eigenvalue weighted by molar-refractivity contribution is 0.170. The highest BCUT2D eigenvalue weighted by Gasteiger charge is 2.41. The van der Waals surface area contributed by atoms with Gasteiger partial charge in [0.15, 0.2) is 20.5 Å². The normalized spacial score (nSPS) is 17.2. The summed E-state index contributed by atoms with van der Waals surface area (Å²) in [5.41, 5.74) is 22.6. The van der Waals surface area contributed by atoms with E-state index in [1.807, 2.05) is 54.6 Å². The molecule has 0 spiro atoms. The van der Waals surface area contributed by atoms with Crippen LogP contribution in [0.25, 0.3) is 104 Å². The summed E-state index contributed by atoms with van der Waals surface area (Å²) in [5.74, 6) is 0.512. The minimum atomic E-state index is -0.238. The third-order valence-corrected chi connectivity index (χ3v) is 29.1. The Morgan fingerprint density at radius 3 is 1.35 bits per heavy atom. The lowest BCUT2D eigenvalue weighted by atomic mass is 9.80. The second-order valence-electron chi connectivity index (χ2n) is 39.3. The van der Waals surface area contributed by atoms with Gasteiger partial charge in [-0.15, -0.1) is 45.3 Å². The zero-order valence-corrected chi connectivity index (χ0v) is 82.4. The number of benzene rings is 10. The maximum Gasteiger partial charge on any atom is 0.266 e. The lowest BCUT2D eigenvalue weighted by Crippen LogP contribution is -2.60. The molecule has 4 fully saturated rings. The van der Waals surface area contributed by atoms with Gasteiger partial charge < -0.3 is 52.4 Å². The van der Waals surface area contributed by atoms with Crippen molar-refractivity contribution in [3.63, 3.8) is 0 Å². The maximum atomic E-state index is 12.9. The van der Waals surface area contributed by atoms with Crippen LogP contribution < -0.4 is 52.8 Å². The van der Waals surface area contributed by atoms with E-state index in [0.29, 0.717) is 35.1 Å². The molecule has 17 nitrogen and oxygen atoms in total. The van der Waals surface area contributed by atoms with Crippen LogP contribution in [0.15, 0.2) is 267 Å². The lowest BCUT2D eigenvalue weighted by Gasteiger charge is -2.46. The molecule has 9 N–H and O–H groups in total. The standard InChI is InChI=1S/2C24H29N3S.C22H27N3S.C19H20BrN3S.C18H14N2O3S/c1-23(2)14-20(15-24(3,4)27-23)25-22-26-21(16-28-22)19-12-8-11-18(13-19)17-9-6-5-7-10-17;1-23(2)14-20(15-24(3,4)27-23)25-22-26-21(16-28-22)19-12-10-18(11-13-19)17-8-6-5-7-9-17;1-21(2)12-18(13-22(3,4)25-21)23-20-24-19(14-26-20)17-10-9-15-7-5-6-8-16(15)11-17;1-19(21)6-8-23(9-7-19)18-22-17(12-24-18)15-3-2-14-11-16(20)5-4-13(14)10-15;1-23-12-7-8-14-15(10-12)24-18-19-16(21)13(17(22)20(14)18)9-11-5-3-2-4-6-11/h2*5-13,16,20,27H,14-15H2,1-4H3,(H,25,26);5-11,14,18,25H,12-13H2,1-4H3,(H,23,24);2-5,10-12H,6-9,21H2,1H3;2-8,10,21H,9H2,1H3. The number of ether oxygens (including phenoxy) is 1. The molecule has 0 aliphatic carbocycles. The van der Waals surface area contributed by atoms with Crippen molar-refractivity contribution in [2.24, 2.45) is 5.73 Å². The van der Waals surface area contributed by atoms with Gasteiger partial charge in [0.25, 0.3) is 5.56 Å². The van der Waals surface area contributed by atoms with Gasteiger partial charge in [-0.3, -0.25) is 9.20 Å². The quantitative estimate of drug-likeness (QED) is 0.0451. The van der Waals surface area contributed by atoms with Gasteiger partial charge >= 0.3 is 0 Å². The van der Waals surface area contributed by atoms with Crippen molar-refractivity contribution >= 4 is 130 Å². The van der Waals surface area contributed by atoms with Crippen LogP contribution in [-0.4, -0.2) is 112 Å². The Bertz CT molecular complexity index is 6580. The second-order valence-corrected chi connectivity index (χ2v) is 44.6. The summed E-state index contributed by atoms with van der Waals surface area (Å²) in [6.07, 6.45) is 8.95. The first kappa shape index (κ1) is 92.7. The van der Waals surface area contributed by atoms with Crippen molar-refractivity contribution in [2.75, 3.05) is 41.0 Å². The Morgan fingerprint density at radius 1 is 0.431 bits per heavy atom. The number of aromatic nitrogens is 6. The molecule has 4 aliphatic heterocycles. The summed E-state index contributed by atoms with van der Waals surface area (Å²) in [7, 11) is 1.60. The van der Waals surface area contributed by atoms with Crippen molar-refractivity contribution in [3.05, 3.63) is 284 Å². The summed E-state index contributed by atoms with van der Waals surface area (Å²) in [6.45, 7) is 31.5. The van der Waals surface area contributed by atoms with E-state index < -0.39 is 0 Å². The third kappa shape index (κ3) is 23.8. The highest BCUT2D eigenvalue weighted by atomic mass is 79.9. The van der Waals surface area contributed by atoms with Crippen molar-refractivity contribution in [1.29, 1.82) is 0 Å². The average molecular weight is 1890 g/mol. The smallest absolute Gasteiger partial charge is 0.266 e. The molecule has 4 saturated heterocycles. The van der Waals surface area contributed by atoms with Crippen LogP contribution in [0.1, 0.15) is 153 Å². The number of methoxy groups -OCH3 is 1. The van der Waals surface area contributed by atoms with E-state index >= 15 is 0 Å². The molecular formula is C107H119BrN14O3S5. The van der Waals surface area contributed by atoms with Gasteiger partial charge in [-0.25, -0.2) is 19.9 Å². The van der Waals surface area contributed by atoms with Gasteiger partial charge in [0.1, 0.15) is 5.75 Å². The van der Waals surface area contributed by atoms with Crippen molar-refractivity contribution in [2.45, 2.75) is 205 Å². The van der Waals surface area contributed by atoms with Crippen LogP contribution in [0.4, 0.5) is 20.5 Å². The number of nitrogens with zero attached hydrogens (tertiary/aromatic N) is 7. The van der Waals surface area contributed by atoms with E-state index in [1.54, 1.807) is 56.9 Å². The molecule has 672 valence electrons. The Hall–Kier alpha value is -10.5. The van der Waals surface area contributed by atoms with Crippen molar-refractivity contribution < 1.29 is 9.84 Å². The van der Waals surface area contributed by atoms with E-state index in [2.05, 4.69) is 351 Å². The van der Waals surface area contributed by atoms with Crippen molar-refractivity contribution in [3.8, 4) is 78.9 Å². The fourth-order valence-corrected chi connectivity index (χ4v) is 24.1. The number of halogens is 1. The molecule has 0 saturated carbocycles. The topological polar surface area (TPSA) is 217 Å². The molecule has 0 atom stereocenters. The molecule has 0 bridgehead atoms. The molecule has 23 heteroatoms. The van der Waals surface area contributed by atoms with Crippen LogP contribution in [0.2, 0.25) is 0 Å².